The van der Waals surface area contributed by atoms with Gasteiger partial charge in [-0.3, -0.25) is 0 Å². The Hall–Kier alpha value is -0.680. The maximum atomic E-state index is 10.5. The minimum absolute atomic E-state index is 0.127. The first-order chi connectivity index (χ1) is 15.5. The first-order valence-electron chi connectivity index (χ1n) is 13.7. The zero-order chi connectivity index (χ0) is 23.5. The van der Waals surface area contributed by atoms with E-state index in [-0.39, 0.29) is 22.5 Å². The highest BCUT2D eigenvalue weighted by Gasteiger charge is 2.93. The molecule has 2 heterocycles. The summed E-state index contributed by atoms with van der Waals surface area (Å²) in [6.45, 7) is 14.3. The molecule has 1 N–H and O–H groups in total. The molecule has 4 nitrogen and oxygen atoms in total. The van der Waals surface area contributed by atoms with E-state index < -0.39 is 16.8 Å². The standard InChI is InChI=1S/C29H44O4/c1-19(2)20(3)9-10-21(4)23-8-7-12-27-24(23,5)14-16-28-25(6)13-11-22(30)18-26(25,32-33-28)15-17-29(27,28)31-27/h9-10,15,17,19-23,30H,7-8,11-14,16,18H2,1-6H3/b10-9+/t20-,21+,22-,23+,24+,25-,26+,27-,28-,29-/m0/s1. The van der Waals surface area contributed by atoms with Gasteiger partial charge in [-0.25, -0.2) is 9.78 Å². The van der Waals surface area contributed by atoms with E-state index in [1.807, 2.05) is 0 Å². The van der Waals surface area contributed by atoms with Crippen LogP contribution in [0, 0.1) is 34.5 Å². The monoisotopic (exact) mass is 456 g/mol. The third-order valence-electron chi connectivity index (χ3n) is 11.9. The lowest BCUT2D eigenvalue weighted by Crippen LogP contribution is -2.71. The summed E-state index contributed by atoms with van der Waals surface area (Å²) in [4.78, 5) is 12.7. The van der Waals surface area contributed by atoms with Crippen molar-refractivity contribution in [2.75, 3.05) is 0 Å². The maximum absolute atomic E-state index is 10.5. The fraction of sp³-hybridized carbons (Fsp3) is 0.862. The van der Waals surface area contributed by atoms with Gasteiger partial charge in [0.2, 0.25) is 0 Å². The highest BCUT2D eigenvalue weighted by Crippen LogP contribution is 2.83. The van der Waals surface area contributed by atoms with Crippen LogP contribution in [0.5, 0.6) is 0 Å². The lowest BCUT2D eigenvalue weighted by molar-refractivity contribution is -0.353. The Morgan fingerprint density at radius 2 is 1.70 bits per heavy atom. The number of epoxide rings is 1. The van der Waals surface area contributed by atoms with Gasteiger partial charge in [0.05, 0.1) is 6.10 Å². The summed E-state index contributed by atoms with van der Waals surface area (Å²) in [5.74, 6) is 2.43. The minimum atomic E-state index is -0.520. The van der Waals surface area contributed by atoms with Gasteiger partial charge in [0.15, 0.2) is 0 Å². The van der Waals surface area contributed by atoms with Gasteiger partial charge in [-0.15, -0.1) is 0 Å². The van der Waals surface area contributed by atoms with Gasteiger partial charge in [-0.2, -0.15) is 0 Å². The number of aliphatic hydroxyl groups is 1. The van der Waals surface area contributed by atoms with Gasteiger partial charge >= 0.3 is 0 Å². The van der Waals surface area contributed by atoms with Crippen LogP contribution >= 0.6 is 0 Å². The largest absolute Gasteiger partial charge is 0.393 e. The second-order valence-corrected chi connectivity index (χ2v) is 13.4. The average Bonchev–Trinajstić information content (AvgIpc) is 3.41. The zero-order valence-electron chi connectivity index (χ0n) is 21.5. The Balaban J connectivity index is 1.38. The van der Waals surface area contributed by atoms with Crippen LogP contribution < -0.4 is 0 Å². The molecule has 2 aliphatic heterocycles. The Kier molecular flexibility index (Phi) is 4.65. The van der Waals surface area contributed by atoms with Crippen LogP contribution in [0.4, 0.5) is 0 Å². The molecular weight excluding hydrogens is 412 g/mol. The molecule has 33 heavy (non-hydrogen) atoms. The van der Waals surface area contributed by atoms with Crippen LogP contribution in [0.2, 0.25) is 0 Å². The molecule has 0 unspecified atom stereocenters. The van der Waals surface area contributed by atoms with Crippen LogP contribution in [-0.4, -0.2) is 33.6 Å². The fourth-order valence-corrected chi connectivity index (χ4v) is 9.34. The minimum Gasteiger partial charge on any atom is -0.393 e. The van der Waals surface area contributed by atoms with E-state index in [9.17, 15) is 5.11 Å². The summed E-state index contributed by atoms with van der Waals surface area (Å²) in [5, 5.41) is 10.5. The highest BCUT2D eigenvalue weighted by atomic mass is 17.2. The summed E-state index contributed by atoms with van der Waals surface area (Å²) >= 11 is 0. The SMILES string of the molecule is CC(C)[C@@H](C)/C=C/[C@@H](C)[C@H]1CCC[C@@]23O[C@@]24C=C[C@@]25C[C@@H](O)CC[C@]2(C)[C@]4(CC[C@]13C)OO5. The fourth-order valence-electron chi connectivity index (χ4n) is 9.34. The van der Waals surface area contributed by atoms with E-state index in [2.05, 4.69) is 65.8 Å². The lowest BCUT2D eigenvalue weighted by Gasteiger charge is -2.60. The molecule has 2 saturated heterocycles. The van der Waals surface area contributed by atoms with Gasteiger partial charge in [0.1, 0.15) is 22.4 Å². The predicted molar refractivity (Wildman–Crippen MR) is 128 cm³/mol. The Bertz CT molecular complexity index is 896. The Morgan fingerprint density at radius 3 is 2.45 bits per heavy atom. The summed E-state index contributed by atoms with van der Waals surface area (Å²) in [6.07, 6.45) is 17.3. The van der Waals surface area contributed by atoms with E-state index >= 15 is 0 Å². The molecule has 4 heteroatoms. The first kappa shape index (κ1) is 22.8. The van der Waals surface area contributed by atoms with Crippen molar-refractivity contribution in [2.45, 2.75) is 121 Å². The van der Waals surface area contributed by atoms with Crippen molar-refractivity contribution in [3.63, 3.8) is 0 Å². The smallest absolute Gasteiger partial charge is 0.149 e. The van der Waals surface area contributed by atoms with E-state index in [4.69, 9.17) is 14.5 Å². The van der Waals surface area contributed by atoms with Crippen LogP contribution in [0.3, 0.4) is 0 Å². The van der Waals surface area contributed by atoms with Crippen molar-refractivity contribution >= 4 is 0 Å². The molecule has 0 aromatic rings. The van der Waals surface area contributed by atoms with Crippen molar-refractivity contribution in [3.05, 3.63) is 24.3 Å². The second-order valence-electron chi connectivity index (χ2n) is 13.4. The number of hydrogen-bond donors (Lipinski definition) is 1. The molecule has 184 valence electrons. The van der Waals surface area contributed by atoms with Gasteiger partial charge in [0.25, 0.3) is 0 Å². The second kappa shape index (κ2) is 6.75. The molecule has 0 amide bonds. The molecule has 3 spiro atoms. The van der Waals surface area contributed by atoms with Gasteiger partial charge < -0.3 is 9.84 Å². The van der Waals surface area contributed by atoms with Crippen LogP contribution in [0.15, 0.2) is 24.3 Å². The van der Waals surface area contributed by atoms with Crippen molar-refractivity contribution < 1.29 is 19.6 Å². The summed E-state index contributed by atoms with van der Waals surface area (Å²) in [7, 11) is 0. The van der Waals surface area contributed by atoms with Crippen LogP contribution in [0.1, 0.15) is 92.9 Å². The number of aliphatic hydroxyl groups excluding tert-OH is 1. The topological polar surface area (TPSA) is 51.2 Å². The molecule has 10 atom stereocenters. The molecule has 0 radical (unpaired) electrons. The van der Waals surface area contributed by atoms with Crippen molar-refractivity contribution in [1.82, 2.24) is 0 Å². The first-order valence-corrected chi connectivity index (χ1v) is 13.7. The molecule has 0 aromatic carbocycles. The average molecular weight is 457 g/mol. The van der Waals surface area contributed by atoms with Gasteiger partial charge in [-0.1, -0.05) is 60.1 Å². The summed E-state index contributed by atoms with van der Waals surface area (Å²) < 4.78 is 7.09. The Labute approximate surface area is 200 Å². The molecule has 2 bridgehead atoms. The van der Waals surface area contributed by atoms with Crippen LogP contribution in [-0.2, 0) is 14.5 Å². The molecule has 4 aliphatic carbocycles. The zero-order valence-corrected chi connectivity index (χ0v) is 21.5. The third-order valence-corrected chi connectivity index (χ3v) is 11.9. The van der Waals surface area contributed by atoms with E-state index in [1.54, 1.807) is 0 Å². The lowest BCUT2D eigenvalue weighted by atomic mass is 9.40. The summed E-state index contributed by atoms with van der Waals surface area (Å²) in [5.41, 5.74) is -1.55. The maximum Gasteiger partial charge on any atom is 0.149 e. The highest BCUT2D eigenvalue weighted by molar-refractivity contribution is 5.49. The van der Waals surface area contributed by atoms with Crippen molar-refractivity contribution in [3.8, 4) is 0 Å². The molecule has 3 saturated carbocycles. The third kappa shape index (κ3) is 2.38. The van der Waals surface area contributed by atoms with Crippen LogP contribution in [0.25, 0.3) is 0 Å². The van der Waals surface area contributed by atoms with E-state index in [0.29, 0.717) is 30.1 Å². The summed E-state index contributed by atoms with van der Waals surface area (Å²) in [6, 6.07) is 0. The normalized spacial score (nSPS) is 56.1. The number of hydrogen-bond acceptors (Lipinski definition) is 4. The van der Waals surface area contributed by atoms with E-state index in [0.717, 1.165) is 32.1 Å². The van der Waals surface area contributed by atoms with Gasteiger partial charge in [-0.05, 0) is 74.3 Å². The molecule has 0 aromatic heterocycles. The Morgan fingerprint density at radius 1 is 0.909 bits per heavy atom. The molecule has 6 aliphatic rings. The number of ether oxygens (including phenoxy) is 1. The van der Waals surface area contributed by atoms with Gasteiger partial charge in [0, 0.05) is 17.3 Å². The predicted octanol–water partition coefficient (Wildman–Crippen LogP) is 6.14. The molecular formula is C29H44O4. The van der Waals surface area contributed by atoms with Crippen molar-refractivity contribution in [1.29, 1.82) is 0 Å². The molecule has 6 rings (SSSR count). The number of allylic oxidation sites excluding steroid dienone is 2. The van der Waals surface area contributed by atoms with E-state index in [1.165, 1.54) is 12.8 Å². The molecule has 5 fully saturated rings. The quantitative estimate of drug-likeness (QED) is 0.314. The number of rotatable bonds is 4. The van der Waals surface area contributed by atoms with Crippen molar-refractivity contribution in [2.24, 2.45) is 34.5 Å².